The SMILES string of the molecule is CN1CCN(c2ccc(NC(=O)C3CCCO3)cn2)CC1. The summed E-state index contributed by atoms with van der Waals surface area (Å²) in [5.41, 5.74) is 0.730. The smallest absolute Gasteiger partial charge is 0.253 e. The Morgan fingerprint density at radius 2 is 2.14 bits per heavy atom. The number of aromatic nitrogens is 1. The molecule has 114 valence electrons. The number of hydrogen-bond donors (Lipinski definition) is 1. The number of carbonyl (C=O) groups is 1. The van der Waals surface area contributed by atoms with Crippen molar-refractivity contribution in [2.45, 2.75) is 18.9 Å². The largest absolute Gasteiger partial charge is 0.368 e. The molecular weight excluding hydrogens is 268 g/mol. The van der Waals surface area contributed by atoms with Gasteiger partial charge in [0.1, 0.15) is 11.9 Å². The Balaban J connectivity index is 1.57. The summed E-state index contributed by atoms with van der Waals surface area (Å²) in [7, 11) is 2.13. The van der Waals surface area contributed by atoms with E-state index < -0.39 is 0 Å². The Morgan fingerprint density at radius 1 is 1.33 bits per heavy atom. The molecule has 1 aromatic heterocycles. The van der Waals surface area contributed by atoms with Crippen LogP contribution in [0.1, 0.15) is 12.8 Å². The molecule has 0 aromatic carbocycles. The van der Waals surface area contributed by atoms with Gasteiger partial charge in [0.05, 0.1) is 11.9 Å². The van der Waals surface area contributed by atoms with Crippen LogP contribution in [0.4, 0.5) is 11.5 Å². The Hall–Kier alpha value is -1.66. The van der Waals surface area contributed by atoms with Gasteiger partial charge in [0.25, 0.3) is 5.91 Å². The average molecular weight is 290 g/mol. The molecule has 1 amide bonds. The fourth-order valence-corrected chi connectivity index (χ4v) is 2.69. The van der Waals surface area contributed by atoms with E-state index in [1.54, 1.807) is 6.20 Å². The van der Waals surface area contributed by atoms with Crippen molar-refractivity contribution in [2.75, 3.05) is 50.1 Å². The van der Waals surface area contributed by atoms with Crippen molar-refractivity contribution < 1.29 is 9.53 Å². The monoisotopic (exact) mass is 290 g/mol. The molecule has 2 aliphatic rings. The maximum atomic E-state index is 12.0. The third kappa shape index (κ3) is 3.51. The van der Waals surface area contributed by atoms with E-state index in [0.717, 1.165) is 50.5 Å². The van der Waals surface area contributed by atoms with Gasteiger partial charge in [0.2, 0.25) is 0 Å². The molecule has 3 rings (SSSR count). The van der Waals surface area contributed by atoms with Crippen LogP contribution in [0.5, 0.6) is 0 Å². The predicted molar refractivity (Wildman–Crippen MR) is 81.6 cm³/mol. The number of amides is 1. The van der Waals surface area contributed by atoms with Crippen molar-refractivity contribution in [1.82, 2.24) is 9.88 Å². The number of carbonyl (C=O) groups excluding carboxylic acids is 1. The van der Waals surface area contributed by atoms with E-state index in [2.05, 4.69) is 27.1 Å². The number of hydrogen-bond acceptors (Lipinski definition) is 5. The molecule has 0 aliphatic carbocycles. The quantitative estimate of drug-likeness (QED) is 0.898. The van der Waals surface area contributed by atoms with E-state index in [0.29, 0.717) is 6.61 Å². The van der Waals surface area contributed by atoms with Gasteiger partial charge in [-0.1, -0.05) is 0 Å². The van der Waals surface area contributed by atoms with Gasteiger partial charge in [-0.3, -0.25) is 4.79 Å². The molecule has 2 aliphatic heterocycles. The average Bonchev–Trinajstić information content (AvgIpc) is 3.03. The number of ether oxygens (including phenoxy) is 1. The number of nitrogens with one attached hydrogen (secondary N) is 1. The maximum absolute atomic E-state index is 12.0. The molecule has 6 nitrogen and oxygen atoms in total. The van der Waals surface area contributed by atoms with Crippen molar-refractivity contribution in [2.24, 2.45) is 0 Å². The molecule has 0 radical (unpaired) electrons. The van der Waals surface area contributed by atoms with Crippen molar-refractivity contribution in [3.63, 3.8) is 0 Å². The first-order chi connectivity index (χ1) is 10.2. The van der Waals surface area contributed by atoms with Crippen LogP contribution in [0.3, 0.4) is 0 Å². The molecule has 0 bridgehead atoms. The first kappa shape index (κ1) is 14.3. The third-order valence-corrected chi connectivity index (χ3v) is 4.06. The van der Waals surface area contributed by atoms with Gasteiger partial charge in [-0.15, -0.1) is 0 Å². The number of piperazine rings is 1. The summed E-state index contributed by atoms with van der Waals surface area (Å²) in [5, 5.41) is 2.87. The van der Waals surface area contributed by atoms with Gasteiger partial charge >= 0.3 is 0 Å². The Labute approximate surface area is 125 Å². The lowest BCUT2D eigenvalue weighted by Gasteiger charge is -2.33. The molecule has 1 unspecified atom stereocenters. The van der Waals surface area contributed by atoms with Crippen LogP contribution in [0, 0.1) is 0 Å². The zero-order chi connectivity index (χ0) is 14.7. The second-order valence-corrected chi connectivity index (χ2v) is 5.69. The van der Waals surface area contributed by atoms with Gasteiger partial charge in [0.15, 0.2) is 0 Å². The van der Waals surface area contributed by atoms with E-state index in [9.17, 15) is 4.79 Å². The highest BCUT2D eigenvalue weighted by molar-refractivity contribution is 5.94. The predicted octanol–water partition coefficient (Wildman–Crippen LogP) is 0.951. The second-order valence-electron chi connectivity index (χ2n) is 5.69. The molecule has 1 aromatic rings. The van der Waals surface area contributed by atoms with Crippen LogP contribution < -0.4 is 10.2 Å². The van der Waals surface area contributed by atoms with Crippen LogP contribution in [0.25, 0.3) is 0 Å². The molecule has 2 fully saturated rings. The summed E-state index contributed by atoms with van der Waals surface area (Å²) < 4.78 is 5.37. The summed E-state index contributed by atoms with van der Waals surface area (Å²) in [4.78, 5) is 21.0. The third-order valence-electron chi connectivity index (χ3n) is 4.06. The van der Waals surface area contributed by atoms with E-state index in [-0.39, 0.29) is 12.0 Å². The van der Waals surface area contributed by atoms with E-state index >= 15 is 0 Å². The van der Waals surface area contributed by atoms with Crippen LogP contribution in [0.15, 0.2) is 18.3 Å². The summed E-state index contributed by atoms with van der Waals surface area (Å²) >= 11 is 0. The first-order valence-electron chi connectivity index (χ1n) is 7.54. The summed E-state index contributed by atoms with van der Waals surface area (Å²) in [6.07, 6.45) is 3.18. The standard InChI is InChI=1S/C15H22N4O2/c1-18-6-8-19(9-7-18)14-5-4-12(11-16-14)17-15(20)13-3-2-10-21-13/h4-5,11,13H,2-3,6-10H2,1H3,(H,17,20). The number of pyridine rings is 1. The topological polar surface area (TPSA) is 57.7 Å². The fraction of sp³-hybridized carbons (Fsp3) is 0.600. The summed E-state index contributed by atoms with van der Waals surface area (Å²) in [5.74, 6) is 0.903. The van der Waals surface area contributed by atoms with Crippen LogP contribution >= 0.6 is 0 Å². The van der Waals surface area contributed by atoms with E-state index in [1.165, 1.54) is 0 Å². The normalized spacial score (nSPS) is 23.3. The van der Waals surface area contributed by atoms with Gasteiger partial charge < -0.3 is 19.9 Å². The molecule has 2 saturated heterocycles. The first-order valence-corrected chi connectivity index (χ1v) is 7.54. The summed E-state index contributed by atoms with van der Waals surface area (Å²) in [6, 6.07) is 3.88. The van der Waals surface area contributed by atoms with Crippen molar-refractivity contribution in [3.8, 4) is 0 Å². The number of nitrogens with zero attached hydrogens (tertiary/aromatic N) is 3. The van der Waals surface area contributed by atoms with Gasteiger partial charge in [-0.2, -0.15) is 0 Å². The van der Waals surface area contributed by atoms with Crippen molar-refractivity contribution in [1.29, 1.82) is 0 Å². The van der Waals surface area contributed by atoms with Crippen LogP contribution in [-0.2, 0) is 9.53 Å². The summed E-state index contributed by atoms with van der Waals surface area (Å²) in [6.45, 7) is 4.77. The minimum absolute atomic E-state index is 0.0679. The molecular formula is C15H22N4O2. The molecule has 0 spiro atoms. The van der Waals surface area contributed by atoms with Crippen LogP contribution in [-0.4, -0.2) is 61.7 Å². The highest BCUT2D eigenvalue weighted by atomic mass is 16.5. The number of anilines is 2. The lowest BCUT2D eigenvalue weighted by molar-refractivity contribution is -0.124. The zero-order valence-corrected chi connectivity index (χ0v) is 12.4. The molecule has 3 heterocycles. The number of rotatable bonds is 3. The Morgan fingerprint density at radius 3 is 2.76 bits per heavy atom. The van der Waals surface area contributed by atoms with Gasteiger partial charge in [-0.25, -0.2) is 4.98 Å². The van der Waals surface area contributed by atoms with Gasteiger partial charge in [-0.05, 0) is 32.0 Å². The lowest BCUT2D eigenvalue weighted by Crippen LogP contribution is -2.44. The zero-order valence-electron chi connectivity index (χ0n) is 12.4. The Kier molecular flexibility index (Phi) is 4.36. The minimum atomic E-state index is -0.303. The van der Waals surface area contributed by atoms with E-state index in [4.69, 9.17) is 4.74 Å². The fourth-order valence-electron chi connectivity index (χ4n) is 2.69. The molecule has 1 atom stereocenters. The second kappa shape index (κ2) is 6.41. The molecule has 0 saturated carbocycles. The van der Waals surface area contributed by atoms with Crippen molar-refractivity contribution >= 4 is 17.4 Å². The Bertz CT molecular complexity index is 477. The van der Waals surface area contributed by atoms with Crippen LogP contribution in [0.2, 0.25) is 0 Å². The highest BCUT2D eigenvalue weighted by Gasteiger charge is 2.23. The maximum Gasteiger partial charge on any atom is 0.253 e. The highest BCUT2D eigenvalue weighted by Crippen LogP contribution is 2.18. The van der Waals surface area contributed by atoms with Gasteiger partial charge in [0, 0.05) is 32.8 Å². The lowest BCUT2D eigenvalue weighted by atomic mass is 10.2. The minimum Gasteiger partial charge on any atom is -0.368 e. The number of likely N-dealkylation sites (N-methyl/N-ethyl adjacent to an activating group) is 1. The molecule has 1 N–H and O–H groups in total. The van der Waals surface area contributed by atoms with E-state index in [1.807, 2.05) is 12.1 Å². The van der Waals surface area contributed by atoms with Crippen molar-refractivity contribution in [3.05, 3.63) is 18.3 Å². The molecule has 21 heavy (non-hydrogen) atoms. The molecule has 6 heteroatoms.